The lowest BCUT2D eigenvalue weighted by atomic mass is 9.76. The average molecular weight is 749 g/mol. The van der Waals surface area contributed by atoms with Crippen molar-refractivity contribution in [1.29, 1.82) is 0 Å². The summed E-state index contributed by atoms with van der Waals surface area (Å²) in [5.74, 6) is -3.11. The van der Waals surface area contributed by atoms with Crippen LogP contribution in [0, 0.1) is 0 Å². The quantitative estimate of drug-likeness (QED) is 0.0430. The molecule has 5 amide bonds. The summed E-state index contributed by atoms with van der Waals surface area (Å²) in [6.45, 7) is 15.8. The molecule has 4 N–H and O–H groups in total. The maximum Gasteiger partial charge on any atom is 0.329 e. The SMILES string of the molecule is CCC(Oc1ccc(C(C)(C)CC)cc1C(C)(C)CC)C(=O)Nc1cccc(NC(=O)C(Cl)(C(=O)c2ccc(OC)cc2)N2C(=O)NC(C)(O)C2=O)c1. The molecule has 12 nitrogen and oxygen atoms in total. The van der Waals surface area contributed by atoms with E-state index in [0.29, 0.717) is 17.9 Å². The van der Waals surface area contributed by atoms with Crippen LogP contribution in [0.1, 0.15) is 96.1 Å². The second-order valence-electron chi connectivity index (χ2n) is 14.5. The Labute approximate surface area is 315 Å². The number of imide groups is 1. The molecule has 0 radical (unpaired) electrons. The largest absolute Gasteiger partial charge is 0.497 e. The molecule has 13 heteroatoms. The predicted molar refractivity (Wildman–Crippen MR) is 203 cm³/mol. The van der Waals surface area contributed by atoms with Crippen molar-refractivity contribution in [1.82, 2.24) is 10.2 Å². The molecule has 53 heavy (non-hydrogen) atoms. The van der Waals surface area contributed by atoms with Crippen LogP contribution in [-0.2, 0) is 25.2 Å². The van der Waals surface area contributed by atoms with E-state index in [9.17, 15) is 29.1 Å². The minimum atomic E-state index is -2.97. The topological polar surface area (TPSA) is 163 Å². The number of methoxy groups -OCH3 is 1. The van der Waals surface area contributed by atoms with Crippen molar-refractivity contribution in [3.8, 4) is 11.5 Å². The van der Waals surface area contributed by atoms with Crippen molar-refractivity contribution in [2.75, 3.05) is 17.7 Å². The molecule has 3 unspecified atom stereocenters. The van der Waals surface area contributed by atoms with Crippen LogP contribution in [0.5, 0.6) is 11.5 Å². The normalized spacial score (nSPS) is 17.8. The van der Waals surface area contributed by atoms with E-state index < -0.39 is 46.4 Å². The number of benzene rings is 3. The van der Waals surface area contributed by atoms with Gasteiger partial charge >= 0.3 is 6.03 Å². The zero-order valence-corrected chi connectivity index (χ0v) is 32.4. The zero-order valence-electron chi connectivity index (χ0n) is 31.7. The van der Waals surface area contributed by atoms with E-state index in [-0.39, 0.29) is 32.7 Å². The minimum Gasteiger partial charge on any atom is -0.497 e. The minimum absolute atomic E-state index is 0.0407. The monoisotopic (exact) mass is 748 g/mol. The summed E-state index contributed by atoms with van der Waals surface area (Å²) in [6, 6.07) is 16.4. The van der Waals surface area contributed by atoms with Crippen LogP contribution in [-0.4, -0.2) is 63.5 Å². The highest BCUT2D eigenvalue weighted by Crippen LogP contribution is 2.39. The number of aliphatic hydroxyl groups is 1. The lowest BCUT2D eigenvalue weighted by Crippen LogP contribution is -2.61. The number of alkyl halides is 1. The van der Waals surface area contributed by atoms with Crippen molar-refractivity contribution < 1.29 is 38.6 Å². The number of carbonyl (C=O) groups is 5. The van der Waals surface area contributed by atoms with Crippen molar-refractivity contribution in [2.45, 2.75) is 102 Å². The van der Waals surface area contributed by atoms with Crippen molar-refractivity contribution in [3.05, 3.63) is 83.4 Å². The molecule has 1 heterocycles. The number of ketones is 1. The lowest BCUT2D eigenvalue weighted by Gasteiger charge is -2.32. The molecular formula is C40H49ClN4O8. The van der Waals surface area contributed by atoms with Gasteiger partial charge in [-0.1, -0.05) is 78.3 Å². The summed E-state index contributed by atoms with van der Waals surface area (Å²) >= 11 is 6.74. The van der Waals surface area contributed by atoms with Gasteiger partial charge in [-0.3, -0.25) is 19.2 Å². The van der Waals surface area contributed by atoms with Gasteiger partial charge in [0.2, 0.25) is 11.5 Å². The zero-order chi connectivity index (χ0) is 39.5. The van der Waals surface area contributed by atoms with Gasteiger partial charge in [0.05, 0.1) is 7.11 Å². The standard InChI is InChI=1S/C40H49ClN4O8/c1-10-30(53-31-21-18-25(37(4,5)11-2)22-29(31)38(6,7)12-3)33(47)42-26-14-13-15-27(23-26)43-34(48)40(41,45-35(49)39(8,51)44-36(45)50)32(46)24-16-19-28(52-9)20-17-24/h13-23,30,51H,10-12H2,1-9H3,(H,42,47)(H,43,48)(H,44,50). The van der Waals surface area contributed by atoms with Crippen molar-refractivity contribution >= 4 is 52.5 Å². The number of hydrogen-bond acceptors (Lipinski definition) is 8. The highest BCUT2D eigenvalue weighted by atomic mass is 35.5. The Kier molecular flexibility index (Phi) is 12.0. The van der Waals surface area contributed by atoms with E-state index in [1.807, 2.05) is 24.4 Å². The third kappa shape index (κ3) is 8.34. The van der Waals surface area contributed by atoms with Gasteiger partial charge in [-0.15, -0.1) is 0 Å². The van der Waals surface area contributed by atoms with Crippen molar-refractivity contribution in [2.24, 2.45) is 0 Å². The van der Waals surface area contributed by atoms with Gasteiger partial charge < -0.3 is 30.5 Å². The number of Topliss-reactive ketones (excluding diaryl/α,β-unsaturated/α-hetero) is 1. The Hall–Kier alpha value is -4.94. The van der Waals surface area contributed by atoms with E-state index in [0.717, 1.165) is 25.3 Å². The van der Waals surface area contributed by atoms with E-state index in [1.165, 1.54) is 49.1 Å². The van der Waals surface area contributed by atoms with Crippen LogP contribution in [0.15, 0.2) is 66.7 Å². The Morgan fingerprint density at radius 1 is 0.906 bits per heavy atom. The van der Waals surface area contributed by atoms with Gasteiger partial charge in [0.1, 0.15) is 11.5 Å². The molecule has 0 spiro atoms. The summed E-state index contributed by atoms with van der Waals surface area (Å²) in [5.41, 5.74) is -0.259. The first-order chi connectivity index (χ1) is 24.7. The van der Waals surface area contributed by atoms with Crippen LogP contribution in [0.25, 0.3) is 0 Å². The number of urea groups is 1. The molecule has 3 aromatic carbocycles. The van der Waals surface area contributed by atoms with Crippen LogP contribution in [0.4, 0.5) is 16.2 Å². The molecule has 3 atom stereocenters. The van der Waals surface area contributed by atoms with Gasteiger partial charge in [0.15, 0.2) is 6.10 Å². The molecule has 1 aliphatic rings. The summed E-state index contributed by atoms with van der Waals surface area (Å²) in [5, 5.41) is 17.8. The Balaban J connectivity index is 1.61. The Bertz CT molecular complexity index is 1890. The molecule has 0 saturated carbocycles. The molecular weight excluding hydrogens is 700 g/mol. The maximum absolute atomic E-state index is 13.9. The highest BCUT2D eigenvalue weighted by molar-refractivity contribution is 6.51. The molecule has 3 aromatic rings. The van der Waals surface area contributed by atoms with E-state index >= 15 is 0 Å². The summed E-state index contributed by atoms with van der Waals surface area (Å²) in [7, 11) is 1.42. The van der Waals surface area contributed by atoms with Crippen LogP contribution in [0.2, 0.25) is 0 Å². The Morgan fingerprint density at radius 3 is 2.04 bits per heavy atom. The number of ether oxygens (including phenoxy) is 2. The smallest absolute Gasteiger partial charge is 0.329 e. The predicted octanol–water partition coefficient (Wildman–Crippen LogP) is 6.88. The van der Waals surface area contributed by atoms with E-state index in [1.54, 1.807) is 12.1 Å². The van der Waals surface area contributed by atoms with Crippen LogP contribution in [0.3, 0.4) is 0 Å². The van der Waals surface area contributed by atoms with Gasteiger partial charge in [0, 0.05) is 22.5 Å². The molecule has 1 saturated heterocycles. The van der Waals surface area contributed by atoms with Crippen molar-refractivity contribution in [3.63, 3.8) is 0 Å². The van der Waals surface area contributed by atoms with Crippen LogP contribution < -0.4 is 25.4 Å². The number of rotatable bonds is 15. The maximum atomic E-state index is 13.9. The first-order valence-electron chi connectivity index (χ1n) is 17.6. The molecule has 1 fully saturated rings. The molecule has 284 valence electrons. The second-order valence-corrected chi connectivity index (χ2v) is 15.1. The number of carbonyl (C=O) groups excluding carboxylic acids is 5. The summed E-state index contributed by atoms with van der Waals surface area (Å²) in [6.07, 6.45) is 1.30. The van der Waals surface area contributed by atoms with Gasteiger partial charge in [0.25, 0.3) is 22.7 Å². The first kappa shape index (κ1) is 40.8. The number of anilines is 2. The van der Waals surface area contributed by atoms with Gasteiger partial charge in [-0.25, -0.2) is 9.69 Å². The van der Waals surface area contributed by atoms with Gasteiger partial charge in [-0.05, 0) is 91.1 Å². The summed E-state index contributed by atoms with van der Waals surface area (Å²) < 4.78 is 11.5. The molecule has 0 bridgehead atoms. The fourth-order valence-corrected chi connectivity index (χ4v) is 6.02. The molecule has 1 aliphatic heterocycles. The summed E-state index contributed by atoms with van der Waals surface area (Å²) in [4.78, 5) is 64.8. The fourth-order valence-electron chi connectivity index (χ4n) is 5.71. The number of amides is 5. The molecule has 0 aromatic heterocycles. The second kappa shape index (κ2) is 15.6. The molecule has 4 rings (SSSR count). The number of halogens is 1. The molecule has 0 aliphatic carbocycles. The first-order valence-corrected chi connectivity index (χ1v) is 17.9. The number of hydrogen-bond donors (Lipinski definition) is 4. The van der Waals surface area contributed by atoms with Gasteiger partial charge in [-0.2, -0.15) is 0 Å². The number of nitrogens with zero attached hydrogens (tertiary/aromatic N) is 1. The number of nitrogens with one attached hydrogen (secondary N) is 3. The lowest BCUT2D eigenvalue weighted by molar-refractivity contribution is -0.146. The third-order valence-electron chi connectivity index (χ3n) is 10.0. The van der Waals surface area contributed by atoms with E-state index in [4.69, 9.17) is 21.1 Å². The highest BCUT2D eigenvalue weighted by Gasteiger charge is 2.62. The third-order valence-corrected chi connectivity index (χ3v) is 10.5. The van der Waals surface area contributed by atoms with E-state index in [2.05, 4.69) is 58.2 Å². The van der Waals surface area contributed by atoms with Crippen LogP contribution >= 0.6 is 11.6 Å². The average Bonchev–Trinajstić information content (AvgIpc) is 3.34. The fraction of sp³-hybridized carbons (Fsp3) is 0.425. The Morgan fingerprint density at radius 2 is 1.51 bits per heavy atom.